The first-order valence-electron chi connectivity index (χ1n) is 9.97. The number of carbonyl (C=O) groups is 1. The quantitative estimate of drug-likeness (QED) is 0.648. The molecule has 1 aliphatic heterocycles. The summed E-state index contributed by atoms with van der Waals surface area (Å²) >= 11 is 0. The number of nitrogens with one attached hydrogen (secondary N) is 1. The van der Waals surface area contributed by atoms with Gasteiger partial charge < -0.3 is 15.0 Å². The molecule has 3 aromatic rings. The Bertz CT molecular complexity index is 1250. The summed E-state index contributed by atoms with van der Waals surface area (Å²) in [5, 5.41) is 10.1. The zero-order chi connectivity index (χ0) is 22.1. The number of piperidine rings is 1. The molecule has 2 aromatic carbocycles. The Morgan fingerprint density at radius 1 is 1.10 bits per heavy atom. The molecule has 1 aromatic heterocycles. The van der Waals surface area contributed by atoms with Crippen LogP contribution in [0.5, 0.6) is 0 Å². The third kappa shape index (κ3) is 4.13. The smallest absolute Gasteiger partial charge is 0.328 e. The first-order valence-corrected chi connectivity index (χ1v) is 9.97. The van der Waals surface area contributed by atoms with E-state index in [1.165, 1.54) is 6.07 Å². The number of aromatic amines is 1. The number of H-pyrrole nitrogens is 1. The van der Waals surface area contributed by atoms with Crippen LogP contribution in [0.15, 0.2) is 52.1 Å². The van der Waals surface area contributed by atoms with Gasteiger partial charge in [0.2, 0.25) is 0 Å². The molecular weight excluding hydrogens is 408 g/mol. The van der Waals surface area contributed by atoms with Crippen molar-refractivity contribution >= 4 is 16.9 Å². The van der Waals surface area contributed by atoms with Gasteiger partial charge in [0.1, 0.15) is 0 Å². The molecular formula is C22H21F2N3O4. The normalized spacial score (nSPS) is 19.5. The third-order valence-corrected chi connectivity index (χ3v) is 5.92. The summed E-state index contributed by atoms with van der Waals surface area (Å²) in [6, 6.07) is 10.2. The van der Waals surface area contributed by atoms with Gasteiger partial charge in [-0.25, -0.2) is 13.6 Å². The number of aliphatic carboxylic acids is 1. The number of fused-ring (bicyclic) bond motifs is 1. The van der Waals surface area contributed by atoms with Gasteiger partial charge in [-0.05, 0) is 48.7 Å². The van der Waals surface area contributed by atoms with Crippen molar-refractivity contribution in [3.8, 4) is 0 Å². The average Bonchev–Trinajstić information content (AvgIpc) is 2.75. The highest BCUT2D eigenvalue weighted by Gasteiger charge is 2.35. The molecule has 0 saturated carbocycles. The minimum Gasteiger partial charge on any atom is -0.481 e. The van der Waals surface area contributed by atoms with E-state index in [9.17, 15) is 28.3 Å². The number of nitrogens with zero attached hydrogens (tertiary/aromatic N) is 2. The Morgan fingerprint density at radius 2 is 1.87 bits per heavy atom. The third-order valence-electron chi connectivity index (χ3n) is 5.92. The molecule has 31 heavy (non-hydrogen) atoms. The van der Waals surface area contributed by atoms with Crippen LogP contribution in [0, 0.1) is 17.6 Å². The number of para-hydroxylation sites is 1. The van der Waals surface area contributed by atoms with Gasteiger partial charge in [0.15, 0.2) is 11.6 Å². The first kappa shape index (κ1) is 20.9. The lowest BCUT2D eigenvalue weighted by atomic mass is 9.80. The maximum Gasteiger partial charge on any atom is 0.328 e. The lowest BCUT2D eigenvalue weighted by Gasteiger charge is -2.36. The predicted octanol–water partition coefficient (Wildman–Crippen LogP) is 2.16. The second-order valence-electron chi connectivity index (χ2n) is 7.75. The Labute approximate surface area is 175 Å². The van der Waals surface area contributed by atoms with Crippen LogP contribution in [-0.2, 0) is 11.3 Å². The highest BCUT2D eigenvalue weighted by molar-refractivity contribution is 5.76. The SMILES string of the molecule is O=C(O)C1CN(CCn2c(=O)[nH]c3ccccc3c2=O)CCC1c1ccc(F)c(F)c1. The van der Waals surface area contributed by atoms with E-state index in [1.54, 1.807) is 24.3 Å². The van der Waals surface area contributed by atoms with Gasteiger partial charge in [-0.2, -0.15) is 0 Å². The number of likely N-dealkylation sites (tertiary alicyclic amines) is 1. The average molecular weight is 429 g/mol. The maximum atomic E-state index is 13.6. The number of hydrogen-bond acceptors (Lipinski definition) is 4. The van der Waals surface area contributed by atoms with Crippen molar-refractivity contribution in [3.05, 3.63) is 80.5 Å². The summed E-state index contributed by atoms with van der Waals surface area (Å²) in [4.78, 5) is 41.4. The van der Waals surface area contributed by atoms with Gasteiger partial charge in [-0.15, -0.1) is 0 Å². The first-order chi connectivity index (χ1) is 14.8. The van der Waals surface area contributed by atoms with E-state index in [2.05, 4.69) is 4.98 Å². The van der Waals surface area contributed by atoms with Crippen LogP contribution in [0.2, 0.25) is 0 Å². The summed E-state index contributed by atoms with van der Waals surface area (Å²) in [7, 11) is 0. The van der Waals surface area contributed by atoms with Gasteiger partial charge >= 0.3 is 11.7 Å². The van der Waals surface area contributed by atoms with Crippen LogP contribution in [0.25, 0.3) is 10.9 Å². The van der Waals surface area contributed by atoms with Crippen LogP contribution in [0.3, 0.4) is 0 Å². The Kier molecular flexibility index (Phi) is 5.69. The fourth-order valence-electron chi connectivity index (χ4n) is 4.26. The number of aromatic nitrogens is 2. The molecule has 4 rings (SSSR count). The molecule has 0 bridgehead atoms. The van der Waals surface area contributed by atoms with Gasteiger partial charge in [-0.3, -0.25) is 14.2 Å². The highest BCUT2D eigenvalue weighted by atomic mass is 19.2. The molecule has 0 radical (unpaired) electrons. The zero-order valence-electron chi connectivity index (χ0n) is 16.6. The maximum absolute atomic E-state index is 13.6. The summed E-state index contributed by atoms with van der Waals surface area (Å²) in [6.07, 6.45) is 0.436. The molecule has 2 atom stereocenters. The molecule has 1 aliphatic rings. The van der Waals surface area contributed by atoms with Crippen molar-refractivity contribution in [2.45, 2.75) is 18.9 Å². The van der Waals surface area contributed by atoms with Crippen LogP contribution in [0.4, 0.5) is 8.78 Å². The summed E-state index contributed by atoms with van der Waals surface area (Å²) in [5.41, 5.74) is 0.00106. The molecule has 9 heteroatoms. The summed E-state index contributed by atoms with van der Waals surface area (Å²) in [5.74, 6) is -4.26. The van der Waals surface area contributed by atoms with E-state index >= 15 is 0 Å². The van der Waals surface area contributed by atoms with Crippen LogP contribution in [0.1, 0.15) is 17.9 Å². The van der Waals surface area contributed by atoms with E-state index in [4.69, 9.17) is 0 Å². The second kappa shape index (κ2) is 8.43. The number of hydrogen-bond donors (Lipinski definition) is 2. The largest absolute Gasteiger partial charge is 0.481 e. The van der Waals surface area contributed by atoms with Gasteiger partial charge in [0, 0.05) is 19.6 Å². The Morgan fingerprint density at radius 3 is 2.61 bits per heavy atom. The minimum absolute atomic E-state index is 0.112. The molecule has 2 unspecified atom stereocenters. The molecule has 7 nitrogen and oxygen atoms in total. The van der Waals surface area contributed by atoms with Crippen molar-refractivity contribution in [2.75, 3.05) is 19.6 Å². The van der Waals surface area contributed by atoms with E-state index in [0.29, 0.717) is 36.0 Å². The summed E-state index contributed by atoms with van der Waals surface area (Å²) < 4.78 is 28.0. The van der Waals surface area contributed by atoms with Gasteiger partial charge in [0.25, 0.3) is 5.56 Å². The zero-order valence-corrected chi connectivity index (χ0v) is 16.6. The Hall–Kier alpha value is -3.33. The Balaban J connectivity index is 1.51. The molecule has 0 amide bonds. The lowest BCUT2D eigenvalue weighted by molar-refractivity contribution is -0.144. The number of carboxylic acids is 1. The standard InChI is InChI=1S/C22H21F2N3O4/c23-17-6-5-13(11-18(17)24)14-7-8-26(12-16(14)21(29)30)9-10-27-20(28)15-3-1-2-4-19(15)25-22(27)31/h1-6,11,14,16H,7-10,12H2,(H,25,31)(H,29,30). The minimum atomic E-state index is -1.03. The number of halogens is 2. The van der Waals surface area contributed by atoms with Crippen molar-refractivity contribution < 1.29 is 18.7 Å². The van der Waals surface area contributed by atoms with Crippen molar-refractivity contribution in [1.82, 2.24) is 14.5 Å². The molecule has 1 fully saturated rings. The van der Waals surface area contributed by atoms with E-state index in [-0.39, 0.29) is 13.1 Å². The topological polar surface area (TPSA) is 95.4 Å². The van der Waals surface area contributed by atoms with Crippen LogP contribution >= 0.6 is 0 Å². The molecule has 2 N–H and O–H groups in total. The van der Waals surface area contributed by atoms with E-state index in [1.807, 2.05) is 4.90 Å². The van der Waals surface area contributed by atoms with Crippen molar-refractivity contribution in [3.63, 3.8) is 0 Å². The number of benzene rings is 2. The molecule has 1 saturated heterocycles. The highest BCUT2D eigenvalue weighted by Crippen LogP contribution is 2.34. The molecule has 2 heterocycles. The van der Waals surface area contributed by atoms with Gasteiger partial charge in [0.05, 0.1) is 16.8 Å². The van der Waals surface area contributed by atoms with Gasteiger partial charge in [-0.1, -0.05) is 18.2 Å². The van der Waals surface area contributed by atoms with Crippen molar-refractivity contribution in [2.24, 2.45) is 5.92 Å². The number of rotatable bonds is 5. The molecule has 162 valence electrons. The van der Waals surface area contributed by atoms with Crippen LogP contribution < -0.4 is 11.2 Å². The predicted molar refractivity (Wildman–Crippen MR) is 110 cm³/mol. The fraction of sp³-hybridized carbons (Fsp3) is 0.318. The van der Waals surface area contributed by atoms with E-state index < -0.39 is 40.7 Å². The number of carboxylic acid groups (broad SMARTS) is 1. The van der Waals surface area contributed by atoms with Crippen molar-refractivity contribution in [1.29, 1.82) is 0 Å². The van der Waals surface area contributed by atoms with Crippen LogP contribution in [-0.4, -0.2) is 45.2 Å². The molecule has 0 aliphatic carbocycles. The monoisotopic (exact) mass is 429 g/mol. The lowest BCUT2D eigenvalue weighted by Crippen LogP contribution is -2.46. The fourth-order valence-corrected chi connectivity index (χ4v) is 4.26. The molecule has 0 spiro atoms. The second-order valence-corrected chi connectivity index (χ2v) is 7.75. The summed E-state index contributed by atoms with van der Waals surface area (Å²) in [6.45, 7) is 1.11. The van der Waals surface area contributed by atoms with E-state index in [0.717, 1.165) is 16.7 Å².